The molecule has 0 amide bonds. The molecule has 6 heteroatoms. The van der Waals surface area contributed by atoms with E-state index in [2.05, 4.69) is 51.4 Å². The standard InChI is InChI=1S/C20H24ClN5/c1-26(2)15-6-3-5-14(11-15)24-19-10-13(9-18(21)25-19)17-12-23-20-16(17)7-4-8-22-20/h4,7-10,12,14-15H,3,5-6,11H2,1-2H3,(H,22,23)(H,24,25). The minimum Gasteiger partial charge on any atom is -0.367 e. The normalized spacial score (nSPS) is 20.6. The van der Waals surface area contributed by atoms with Crippen molar-refractivity contribution in [3.8, 4) is 11.1 Å². The van der Waals surface area contributed by atoms with Crippen LogP contribution < -0.4 is 5.32 Å². The summed E-state index contributed by atoms with van der Waals surface area (Å²) < 4.78 is 0. The fourth-order valence-electron chi connectivity index (χ4n) is 3.89. The molecule has 0 aliphatic heterocycles. The quantitative estimate of drug-likeness (QED) is 0.662. The van der Waals surface area contributed by atoms with Crippen LogP contribution in [0.2, 0.25) is 5.15 Å². The summed E-state index contributed by atoms with van der Waals surface area (Å²) in [6.45, 7) is 0. The third-order valence-electron chi connectivity index (χ3n) is 5.29. The Morgan fingerprint density at radius 1 is 1.27 bits per heavy atom. The number of halogens is 1. The molecule has 2 unspecified atom stereocenters. The Morgan fingerprint density at radius 2 is 2.15 bits per heavy atom. The Morgan fingerprint density at radius 3 is 3.00 bits per heavy atom. The second-order valence-electron chi connectivity index (χ2n) is 7.29. The zero-order valence-electron chi connectivity index (χ0n) is 15.2. The van der Waals surface area contributed by atoms with Gasteiger partial charge >= 0.3 is 0 Å². The number of pyridine rings is 2. The molecule has 3 aromatic rings. The Balaban J connectivity index is 1.60. The van der Waals surface area contributed by atoms with Crippen LogP contribution in [0.25, 0.3) is 22.2 Å². The molecular weight excluding hydrogens is 346 g/mol. The molecule has 4 rings (SSSR count). The summed E-state index contributed by atoms with van der Waals surface area (Å²) in [6, 6.07) is 9.06. The molecule has 0 aromatic carbocycles. The molecular formula is C20H24ClN5. The molecule has 1 saturated carbocycles. The van der Waals surface area contributed by atoms with Crippen molar-refractivity contribution in [2.75, 3.05) is 19.4 Å². The van der Waals surface area contributed by atoms with Gasteiger partial charge in [0.05, 0.1) is 0 Å². The first-order valence-electron chi connectivity index (χ1n) is 9.13. The number of hydrogen-bond donors (Lipinski definition) is 2. The molecule has 3 heterocycles. The van der Waals surface area contributed by atoms with Crippen molar-refractivity contribution in [2.45, 2.75) is 37.8 Å². The minimum absolute atomic E-state index is 0.430. The molecule has 0 radical (unpaired) electrons. The molecule has 0 bridgehead atoms. The van der Waals surface area contributed by atoms with Gasteiger partial charge in [-0.1, -0.05) is 11.6 Å². The molecule has 3 aromatic heterocycles. The second kappa shape index (κ2) is 7.25. The van der Waals surface area contributed by atoms with E-state index in [0.29, 0.717) is 17.2 Å². The van der Waals surface area contributed by atoms with E-state index in [9.17, 15) is 0 Å². The van der Waals surface area contributed by atoms with Crippen LogP contribution in [0, 0.1) is 0 Å². The lowest BCUT2D eigenvalue weighted by molar-refractivity contribution is 0.219. The number of fused-ring (bicyclic) bond motifs is 1. The smallest absolute Gasteiger partial charge is 0.137 e. The van der Waals surface area contributed by atoms with Crippen LogP contribution in [-0.2, 0) is 0 Å². The Hall–Kier alpha value is -2.11. The van der Waals surface area contributed by atoms with Gasteiger partial charge in [-0.2, -0.15) is 0 Å². The third kappa shape index (κ3) is 3.55. The van der Waals surface area contributed by atoms with E-state index in [1.54, 1.807) is 6.20 Å². The molecule has 5 nitrogen and oxygen atoms in total. The first-order valence-corrected chi connectivity index (χ1v) is 9.51. The average Bonchev–Trinajstić information content (AvgIpc) is 3.05. The van der Waals surface area contributed by atoms with Crippen molar-refractivity contribution in [1.29, 1.82) is 0 Å². The van der Waals surface area contributed by atoms with Crippen LogP contribution in [0.1, 0.15) is 25.7 Å². The summed E-state index contributed by atoms with van der Waals surface area (Å²) in [6.07, 6.45) is 8.58. The van der Waals surface area contributed by atoms with Gasteiger partial charge in [0.25, 0.3) is 0 Å². The predicted octanol–water partition coefficient (Wildman–Crippen LogP) is 4.56. The summed E-state index contributed by atoms with van der Waals surface area (Å²) in [5.41, 5.74) is 3.02. The van der Waals surface area contributed by atoms with E-state index >= 15 is 0 Å². The van der Waals surface area contributed by atoms with Crippen molar-refractivity contribution < 1.29 is 0 Å². The summed E-state index contributed by atoms with van der Waals surface area (Å²) >= 11 is 6.33. The van der Waals surface area contributed by atoms with Crippen molar-refractivity contribution >= 4 is 28.5 Å². The van der Waals surface area contributed by atoms with Crippen molar-refractivity contribution in [1.82, 2.24) is 19.9 Å². The summed E-state index contributed by atoms with van der Waals surface area (Å²) in [5, 5.41) is 5.20. The van der Waals surface area contributed by atoms with E-state index in [1.807, 2.05) is 18.3 Å². The van der Waals surface area contributed by atoms with Crippen LogP contribution in [-0.4, -0.2) is 46.0 Å². The number of aromatic amines is 1. The molecule has 2 N–H and O–H groups in total. The topological polar surface area (TPSA) is 56.8 Å². The largest absolute Gasteiger partial charge is 0.367 e. The van der Waals surface area contributed by atoms with Gasteiger partial charge in [0.2, 0.25) is 0 Å². The predicted molar refractivity (Wildman–Crippen MR) is 108 cm³/mol. The number of nitrogens with one attached hydrogen (secondary N) is 2. The molecule has 1 fully saturated rings. The van der Waals surface area contributed by atoms with Crippen molar-refractivity contribution in [3.05, 3.63) is 41.8 Å². The lowest BCUT2D eigenvalue weighted by atomic mass is 9.90. The number of rotatable bonds is 4. The molecule has 0 saturated heterocycles. The van der Waals surface area contributed by atoms with Crippen LogP contribution in [0.3, 0.4) is 0 Å². The summed E-state index contributed by atoms with van der Waals surface area (Å²) in [4.78, 5) is 14.4. The average molecular weight is 370 g/mol. The SMILES string of the molecule is CN(C)C1CCCC(Nc2cc(-c3c[nH]c4ncccc34)cc(Cl)n2)C1. The maximum absolute atomic E-state index is 6.33. The molecule has 26 heavy (non-hydrogen) atoms. The fourth-order valence-corrected chi connectivity index (χ4v) is 4.10. The highest BCUT2D eigenvalue weighted by Crippen LogP contribution is 2.31. The number of anilines is 1. The molecule has 136 valence electrons. The van der Waals surface area contributed by atoms with Gasteiger partial charge in [-0.25, -0.2) is 9.97 Å². The zero-order chi connectivity index (χ0) is 18.1. The third-order valence-corrected chi connectivity index (χ3v) is 5.48. The number of H-pyrrole nitrogens is 1. The monoisotopic (exact) mass is 369 g/mol. The van der Waals surface area contributed by atoms with Crippen LogP contribution in [0.15, 0.2) is 36.7 Å². The number of aromatic nitrogens is 3. The van der Waals surface area contributed by atoms with E-state index in [1.165, 1.54) is 19.3 Å². The zero-order valence-corrected chi connectivity index (χ0v) is 15.9. The second-order valence-corrected chi connectivity index (χ2v) is 7.68. The van der Waals surface area contributed by atoms with Gasteiger partial charge in [0, 0.05) is 35.4 Å². The Labute approximate surface area is 158 Å². The molecule has 2 atom stereocenters. The van der Waals surface area contributed by atoms with E-state index < -0.39 is 0 Å². The lowest BCUT2D eigenvalue weighted by Gasteiger charge is -2.34. The van der Waals surface area contributed by atoms with Crippen LogP contribution in [0.5, 0.6) is 0 Å². The maximum Gasteiger partial charge on any atom is 0.137 e. The van der Waals surface area contributed by atoms with Crippen LogP contribution >= 0.6 is 11.6 Å². The summed E-state index contributed by atoms with van der Waals surface area (Å²) in [5.74, 6) is 0.843. The van der Waals surface area contributed by atoms with E-state index in [-0.39, 0.29) is 0 Å². The van der Waals surface area contributed by atoms with Gasteiger partial charge in [-0.05, 0) is 69.6 Å². The molecule has 1 aliphatic rings. The Bertz CT molecular complexity index is 904. The minimum atomic E-state index is 0.430. The van der Waals surface area contributed by atoms with Gasteiger partial charge < -0.3 is 15.2 Å². The Kier molecular flexibility index (Phi) is 4.83. The van der Waals surface area contributed by atoms with E-state index in [0.717, 1.165) is 34.4 Å². The van der Waals surface area contributed by atoms with Gasteiger partial charge in [0.15, 0.2) is 0 Å². The van der Waals surface area contributed by atoms with Gasteiger partial charge in [-0.3, -0.25) is 0 Å². The van der Waals surface area contributed by atoms with Gasteiger partial charge in [0.1, 0.15) is 16.6 Å². The highest BCUT2D eigenvalue weighted by Gasteiger charge is 2.23. The summed E-state index contributed by atoms with van der Waals surface area (Å²) in [7, 11) is 4.32. The number of nitrogens with zero attached hydrogens (tertiary/aromatic N) is 3. The maximum atomic E-state index is 6.33. The van der Waals surface area contributed by atoms with Gasteiger partial charge in [-0.15, -0.1) is 0 Å². The fraction of sp³-hybridized carbons (Fsp3) is 0.400. The molecule has 0 spiro atoms. The first-order chi connectivity index (χ1) is 12.6. The number of hydrogen-bond acceptors (Lipinski definition) is 4. The van der Waals surface area contributed by atoms with Crippen molar-refractivity contribution in [2.24, 2.45) is 0 Å². The molecule has 1 aliphatic carbocycles. The lowest BCUT2D eigenvalue weighted by Crippen LogP contribution is -2.38. The highest BCUT2D eigenvalue weighted by molar-refractivity contribution is 6.29. The van der Waals surface area contributed by atoms with Crippen molar-refractivity contribution in [3.63, 3.8) is 0 Å². The highest BCUT2D eigenvalue weighted by atomic mass is 35.5. The first kappa shape index (κ1) is 17.3. The van der Waals surface area contributed by atoms with Crippen LogP contribution in [0.4, 0.5) is 5.82 Å². The van der Waals surface area contributed by atoms with E-state index in [4.69, 9.17) is 11.6 Å².